The zero-order chi connectivity index (χ0) is 20.0. The van der Waals surface area contributed by atoms with E-state index < -0.39 is 11.8 Å². The van der Waals surface area contributed by atoms with Gasteiger partial charge in [-0.15, -0.1) is 11.3 Å². The fourth-order valence-electron chi connectivity index (χ4n) is 2.38. The molecule has 0 saturated heterocycles. The maximum Gasteiger partial charge on any atom is 0.348 e. The van der Waals surface area contributed by atoms with Crippen LogP contribution in [0.4, 0.5) is 0 Å². The highest BCUT2D eigenvalue weighted by atomic mass is 127. The second-order valence-electron chi connectivity index (χ2n) is 5.51. The molecule has 5 nitrogen and oxygen atoms in total. The van der Waals surface area contributed by atoms with Crippen LogP contribution in [0.5, 0.6) is 0 Å². The van der Waals surface area contributed by atoms with E-state index in [1.807, 2.05) is 36.4 Å². The molecule has 0 bridgehead atoms. The van der Waals surface area contributed by atoms with Crippen molar-refractivity contribution < 1.29 is 14.3 Å². The number of carbonyl (C=O) groups excluding carboxylic acids is 2. The zero-order valence-electron chi connectivity index (χ0n) is 14.7. The molecule has 1 heterocycles. The Bertz CT molecular complexity index is 992. The molecule has 27 heavy (non-hydrogen) atoms. The lowest BCUT2D eigenvalue weighted by Gasteiger charge is -2.00. The van der Waals surface area contributed by atoms with Crippen LogP contribution in [-0.2, 0) is 16.0 Å². The van der Waals surface area contributed by atoms with Gasteiger partial charge >= 0.3 is 5.97 Å². The highest BCUT2D eigenvalue weighted by Crippen LogP contribution is 2.29. The molecular formula is C20H15IN2O3S. The number of halogens is 1. The lowest BCUT2D eigenvalue weighted by atomic mass is 10.0. The number of thiophene rings is 1. The van der Waals surface area contributed by atoms with Crippen LogP contribution in [0.25, 0.3) is 6.08 Å². The molecule has 136 valence electrons. The van der Waals surface area contributed by atoms with Crippen molar-refractivity contribution in [2.75, 3.05) is 6.61 Å². The number of carbonyl (C=O) groups is 2. The summed E-state index contributed by atoms with van der Waals surface area (Å²) in [5.74, 6) is -0.908. The number of rotatable bonds is 6. The molecule has 0 radical (unpaired) electrons. The number of allylic oxidation sites excluding steroid dienone is 1. The third-order valence-electron chi connectivity index (χ3n) is 3.72. The molecule has 1 aromatic heterocycles. The summed E-state index contributed by atoms with van der Waals surface area (Å²) < 4.78 is 6.05. The number of hydrogen-bond donors (Lipinski definition) is 0. The third-order valence-corrected chi connectivity index (χ3v) is 5.71. The minimum atomic E-state index is -0.509. The van der Waals surface area contributed by atoms with E-state index in [0.29, 0.717) is 20.9 Å². The highest BCUT2D eigenvalue weighted by molar-refractivity contribution is 14.1. The van der Waals surface area contributed by atoms with Crippen molar-refractivity contribution in [3.63, 3.8) is 0 Å². The summed E-state index contributed by atoms with van der Waals surface area (Å²) in [6, 6.07) is 11.4. The van der Waals surface area contributed by atoms with Crippen molar-refractivity contribution in [2.45, 2.75) is 20.3 Å². The average Bonchev–Trinajstić information content (AvgIpc) is 2.96. The van der Waals surface area contributed by atoms with Crippen molar-refractivity contribution in [2.24, 2.45) is 0 Å². The first-order chi connectivity index (χ1) is 12.9. The normalized spacial score (nSPS) is 10.8. The summed E-state index contributed by atoms with van der Waals surface area (Å²) in [7, 11) is 0. The summed E-state index contributed by atoms with van der Waals surface area (Å²) in [6.45, 7) is 3.58. The molecule has 0 unspecified atom stereocenters. The van der Waals surface area contributed by atoms with Gasteiger partial charge in [0, 0.05) is 14.9 Å². The average molecular weight is 490 g/mol. The van der Waals surface area contributed by atoms with Gasteiger partial charge in [-0.1, -0.05) is 12.1 Å². The van der Waals surface area contributed by atoms with Crippen LogP contribution >= 0.6 is 33.9 Å². The quantitative estimate of drug-likeness (QED) is 0.259. The molecule has 0 aliphatic carbocycles. The Morgan fingerprint density at radius 3 is 2.48 bits per heavy atom. The summed E-state index contributed by atoms with van der Waals surface area (Å²) in [4.78, 5) is 25.4. The Kier molecular flexibility index (Phi) is 7.28. The van der Waals surface area contributed by atoms with E-state index in [9.17, 15) is 20.1 Å². The van der Waals surface area contributed by atoms with E-state index in [0.717, 1.165) is 20.5 Å². The number of nitriles is 2. The maximum atomic E-state index is 12.6. The number of Topliss-reactive ketones (excluding diaryl/α,β-unsaturated/α-hetero) is 1. The molecule has 0 spiro atoms. The van der Waals surface area contributed by atoms with Crippen molar-refractivity contribution in [1.82, 2.24) is 0 Å². The summed E-state index contributed by atoms with van der Waals surface area (Å²) >= 11 is 3.24. The van der Waals surface area contributed by atoms with Gasteiger partial charge in [-0.05, 0) is 65.8 Å². The first kappa shape index (κ1) is 20.8. The number of nitrogens with zero attached hydrogens (tertiary/aromatic N) is 2. The monoisotopic (exact) mass is 490 g/mol. The molecule has 2 rings (SSSR count). The van der Waals surface area contributed by atoms with Gasteiger partial charge in [0.05, 0.1) is 17.7 Å². The molecular weight excluding hydrogens is 475 g/mol. The van der Waals surface area contributed by atoms with Crippen LogP contribution in [0.15, 0.2) is 29.8 Å². The van der Waals surface area contributed by atoms with E-state index in [-0.39, 0.29) is 18.6 Å². The lowest BCUT2D eigenvalue weighted by molar-refractivity contribution is -0.114. The van der Waals surface area contributed by atoms with Crippen LogP contribution in [0.2, 0.25) is 0 Å². The maximum absolute atomic E-state index is 12.6. The molecule has 0 aliphatic heterocycles. The standard InChI is InChI=1S/C20H15IN2O3S/c1-3-26-20(25)19-12(2)16(11-23)18(27-19)9-17(24)14(10-22)8-13-4-6-15(21)7-5-13/h4-8H,3,9H2,1-2H3/b14-8+. The number of esters is 1. The van der Waals surface area contributed by atoms with E-state index in [2.05, 4.69) is 22.6 Å². The van der Waals surface area contributed by atoms with Crippen molar-refractivity contribution in [1.29, 1.82) is 10.5 Å². The van der Waals surface area contributed by atoms with Crippen molar-refractivity contribution >= 4 is 51.8 Å². The Balaban J connectivity index is 2.32. The van der Waals surface area contributed by atoms with Gasteiger partial charge in [-0.3, -0.25) is 4.79 Å². The summed E-state index contributed by atoms with van der Waals surface area (Å²) in [5, 5.41) is 18.8. The van der Waals surface area contributed by atoms with Gasteiger partial charge < -0.3 is 4.74 Å². The summed E-state index contributed by atoms with van der Waals surface area (Å²) in [6.07, 6.45) is 1.41. The first-order valence-corrected chi connectivity index (χ1v) is 9.90. The Morgan fingerprint density at radius 2 is 1.93 bits per heavy atom. The zero-order valence-corrected chi connectivity index (χ0v) is 17.7. The Labute approximate surface area is 175 Å². The molecule has 1 aromatic carbocycles. The van der Waals surface area contributed by atoms with Crippen LogP contribution in [-0.4, -0.2) is 18.4 Å². The number of ether oxygens (including phenoxy) is 1. The van der Waals surface area contributed by atoms with E-state index >= 15 is 0 Å². The number of ketones is 1. The first-order valence-electron chi connectivity index (χ1n) is 8.01. The topological polar surface area (TPSA) is 90.9 Å². The fourth-order valence-corrected chi connectivity index (χ4v) is 3.88. The molecule has 0 fully saturated rings. The van der Waals surface area contributed by atoms with Gasteiger partial charge in [0.15, 0.2) is 5.78 Å². The van der Waals surface area contributed by atoms with Crippen LogP contribution in [0.1, 0.15) is 38.2 Å². The van der Waals surface area contributed by atoms with Gasteiger partial charge in [0.25, 0.3) is 0 Å². The highest BCUT2D eigenvalue weighted by Gasteiger charge is 2.23. The van der Waals surface area contributed by atoms with Gasteiger partial charge in [-0.25, -0.2) is 4.79 Å². The van der Waals surface area contributed by atoms with E-state index in [1.165, 1.54) is 6.08 Å². The van der Waals surface area contributed by atoms with Crippen LogP contribution in [0.3, 0.4) is 0 Å². The molecule has 0 amide bonds. The minimum absolute atomic E-state index is 0.00355. The SMILES string of the molecule is CCOC(=O)c1sc(CC(=O)/C(C#N)=C/c2ccc(I)cc2)c(C#N)c1C. The molecule has 0 atom stereocenters. The predicted octanol–water partition coefficient (Wildman–Crippen LogP) is 4.43. The molecule has 0 saturated carbocycles. The Morgan fingerprint density at radius 1 is 1.26 bits per heavy atom. The van der Waals surface area contributed by atoms with E-state index in [1.54, 1.807) is 13.8 Å². The second-order valence-corrected chi connectivity index (χ2v) is 7.86. The Hall–Kier alpha value is -2.49. The molecule has 2 aromatic rings. The van der Waals surface area contributed by atoms with Crippen molar-refractivity contribution in [3.05, 3.63) is 59.9 Å². The molecule has 0 aliphatic rings. The van der Waals surface area contributed by atoms with Gasteiger partial charge in [-0.2, -0.15) is 10.5 Å². The largest absolute Gasteiger partial charge is 0.462 e. The minimum Gasteiger partial charge on any atom is -0.462 e. The number of benzene rings is 1. The fraction of sp³-hybridized carbons (Fsp3) is 0.200. The second kappa shape index (κ2) is 9.45. The van der Waals surface area contributed by atoms with Gasteiger partial charge in [0.1, 0.15) is 17.0 Å². The lowest BCUT2D eigenvalue weighted by Crippen LogP contribution is -2.05. The van der Waals surface area contributed by atoms with Gasteiger partial charge in [0.2, 0.25) is 0 Å². The smallest absolute Gasteiger partial charge is 0.348 e. The van der Waals surface area contributed by atoms with Crippen molar-refractivity contribution in [3.8, 4) is 12.1 Å². The summed E-state index contributed by atoms with van der Waals surface area (Å²) in [5.41, 5.74) is 1.55. The molecule has 0 N–H and O–H groups in total. The van der Waals surface area contributed by atoms with Crippen LogP contribution in [0, 0.1) is 33.2 Å². The van der Waals surface area contributed by atoms with E-state index in [4.69, 9.17) is 4.74 Å². The predicted molar refractivity (Wildman–Crippen MR) is 111 cm³/mol. The third kappa shape index (κ3) is 5.03. The van der Waals surface area contributed by atoms with Crippen LogP contribution < -0.4 is 0 Å². The number of hydrogen-bond acceptors (Lipinski definition) is 6. The molecule has 7 heteroatoms.